The van der Waals surface area contributed by atoms with Gasteiger partial charge in [-0.2, -0.15) is 0 Å². The van der Waals surface area contributed by atoms with Crippen LogP contribution in [0.25, 0.3) is 5.57 Å². The molecule has 1 heterocycles. The Bertz CT molecular complexity index is 1210. The van der Waals surface area contributed by atoms with Gasteiger partial charge in [0.1, 0.15) is 23.1 Å². The summed E-state index contributed by atoms with van der Waals surface area (Å²) in [5, 5.41) is 2.52. The van der Waals surface area contributed by atoms with Crippen molar-refractivity contribution in [3.63, 3.8) is 0 Å². The van der Waals surface area contributed by atoms with Crippen molar-refractivity contribution in [1.29, 1.82) is 0 Å². The number of carbonyl (C=O) groups is 2. The topological polar surface area (TPSA) is 49.4 Å². The van der Waals surface area contributed by atoms with Gasteiger partial charge < -0.3 is 5.32 Å². The van der Waals surface area contributed by atoms with Crippen LogP contribution in [0, 0.1) is 17.5 Å². The highest BCUT2D eigenvalue weighted by Crippen LogP contribution is 2.35. The van der Waals surface area contributed by atoms with Crippen LogP contribution in [0.15, 0.2) is 72.4 Å². The zero-order valence-corrected chi connectivity index (χ0v) is 15.9. The molecule has 8 heteroatoms. The minimum absolute atomic E-state index is 0.0373. The summed E-state index contributed by atoms with van der Waals surface area (Å²) >= 11 is 5.81. The molecule has 2 amide bonds. The second-order valence-corrected chi connectivity index (χ2v) is 6.84. The molecule has 3 aromatic rings. The highest BCUT2D eigenvalue weighted by molar-refractivity contribution is 6.46. The van der Waals surface area contributed by atoms with E-state index in [1.807, 2.05) is 0 Å². The second kappa shape index (κ2) is 7.68. The lowest BCUT2D eigenvalue weighted by Crippen LogP contribution is -2.32. The zero-order chi connectivity index (χ0) is 21.4. The molecule has 30 heavy (non-hydrogen) atoms. The molecule has 0 spiro atoms. The van der Waals surface area contributed by atoms with Crippen LogP contribution in [0.2, 0.25) is 5.02 Å². The first-order chi connectivity index (χ1) is 14.3. The molecule has 0 fully saturated rings. The van der Waals surface area contributed by atoms with E-state index in [-0.39, 0.29) is 33.2 Å². The molecule has 0 atom stereocenters. The third-order valence-corrected chi connectivity index (χ3v) is 4.76. The van der Waals surface area contributed by atoms with Crippen LogP contribution in [0.4, 0.5) is 24.5 Å². The fraction of sp³-hybridized carbons (Fsp3) is 0. The van der Waals surface area contributed by atoms with Crippen molar-refractivity contribution < 1.29 is 22.8 Å². The van der Waals surface area contributed by atoms with E-state index < -0.39 is 29.3 Å². The van der Waals surface area contributed by atoms with Gasteiger partial charge in [-0.15, -0.1) is 0 Å². The molecule has 0 saturated carbocycles. The van der Waals surface area contributed by atoms with Crippen LogP contribution in [-0.2, 0) is 9.59 Å². The first-order valence-corrected chi connectivity index (χ1v) is 9.09. The van der Waals surface area contributed by atoms with Crippen LogP contribution in [0.1, 0.15) is 5.56 Å². The van der Waals surface area contributed by atoms with Gasteiger partial charge in [0.15, 0.2) is 0 Å². The number of nitrogens with zero attached hydrogens (tertiary/aromatic N) is 1. The van der Waals surface area contributed by atoms with E-state index in [2.05, 4.69) is 5.32 Å². The van der Waals surface area contributed by atoms with Crippen molar-refractivity contribution in [2.45, 2.75) is 0 Å². The van der Waals surface area contributed by atoms with Crippen LogP contribution in [-0.4, -0.2) is 11.8 Å². The smallest absolute Gasteiger partial charge is 0.282 e. The molecule has 150 valence electrons. The first kappa shape index (κ1) is 19.7. The molecule has 0 saturated heterocycles. The fourth-order valence-electron chi connectivity index (χ4n) is 3.10. The molecule has 1 aliphatic rings. The van der Waals surface area contributed by atoms with Crippen LogP contribution in [0.3, 0.4) is 0 Å². The second-order valence-electron chi connectivity index (χ2n) is 6.44. The quantitative estimate of drug-likeness (QED) is 0.584. The van der Waals surface area contributed by atoms with Gasteiger partial charge in [0.25, 0.3) is 11.8 Å². The average Bonchev–Trinajstić information content (AvgIpc) is 2.95. The lowest BCUT2D eigenvalue weighted by Gasteiger charge is -2.16. The number of rotatable bonds is 4. The van der Waals surface area contributed by atoms with Crippen LogP contribution in [0.5, 0.6) is 0 Å². The Balaban J connectivity index is 1.83. The Morgan fingerprint density at radius 2 is 1.53 bits per heavy atom. The molecule has 1 aliphatic heterocycles. The van der Waals surface area contributed by atoms with Crippen molar-refractivity contribution in [3.05, 3.63) is 100 Å². The molecule has 0 unspecified atom stereocenters. The summed E-state index contributed by atoms with van der Waals surface area (Å²) in [6.45, 7) is 0. The Labute approximate surface area is 174 Å². The van der Waals surface area contributed by atoms with Crippen LogP contribution < -0.4 is 10.2 Å². The molecular weight excluding hydrogens is 417 g/mol. The highest BCUT2D eigenvalue weighted by atomic mass is 35.5. The Morgan fingerprint density at radius 3 is 2.20 bits per heavy atom. The Morgan fingerprint density at radius 1 is 0.800 bits per heavy atom. The molecule has 1 N–H and O–H groups in total. The lowest BCUT2D eigenvalue weighted by atomic mass is 10.0. The Kier molecular flexibility index (Phi) is 5.05. The first-order valence-electron chi connectivity index (χ1n) is 8.72. The van der Waals surface area contributed by atoms with Crippen molar-refractivity contribution in [2.24, 2.45) is 0 Å². The third-order valence-electron chi connectivity index (χ3n) is 4.47. The predicted octanol–water partition coefficient (Wildman–Crippen LogP) is 5.15. The Hall–Kier alpha value is -3.58. The van der Waals surface area contributed by atoms with Gasteiger partial charge in [-0.25, -0.2) is 18.1 Å². The number of benzene rings is 3. The third kappa shape index (κ3) is 3.55. The number of halogens is 4. The summed E-state index contributed by atoms with van der Waals surface area (Å²) < 4.78 is 40.5. The minimum atomic E-state index is -0.744. The van der Waals surface area contributed by atoms with Crippen molar-refractivity contribution >= 4 is 40.4 Å². The van der Waals surface area contributed by atoms with Gasteiger partial charge >= 0.3 is 0 Å². The van der Waals surface area contributed by atoms with E-state index >= 15 is 0 Å². The maximum absolute atomic E-state index is 13.6. The summed E-state index contributed by atoms with van der Waals surface area (Å²) in [5.41, 5.74) is 0.420. The van der Waals surface area contributed by atoms with Crippen molar-refractivity contribution in [1.82, 2.24) is 0 Å². The zero-order valence-electron chi connectivity index (χ0n) is 15.1. The number of amides is 2. The van der Waals surface area contributed by atoms with E-state index in [4.69, 9.17) is 11.6 Å². The van der Waals surface area contributed by atoms with Gasteiger partial charge in [-0.3, -0.25) is 9.59 Å². The van der Waals surface area contributed by atoms with E-state index in [0.29, 0.717) is 0 Å². The van der Waals surface area contributed by atoms with E-state index in [0.717, 1.165) is 35.2 Å². The van der Waals surface area contributed by atoms with Crippen molar-refractivity contribution in [3.8, 4) is 0 Å². The normalized spacial score (nSPS) is 13.9. The van der Waals surface area contributed by atoms with E-state index in [1.165, 1.54) is 36.4 Å². The molecule has 0 bridgehead atoms. The van der Waals surface area contributed by atoms with Gasteiger partial charge in [0.05, 0.1) is 16.3 Å². The number of hydrogen-bond donors (Lipinski definition) is 1. The molecule has 0 aromatic heterocycles. The molecular formula is C22H12ClF3N2O2. The number of anilines is 2. The largest absolute Gasteiger partial charge is 0.350 e. The lowest BCUT2D eigenvalue weighted by molar-refractivity contribution is -0.120. The fourth-order valence-corrected chi connectivity index (χ4v) is 3.27. The summed E-state index contributed by atoms with van der Waals surface area (Å²) in [5.74, 6) is -3.22. The number of carbonyl (C=O) groups excluding carboxylic acids is 2. The SMILES string of the molecule is O=C1C(Nc2cccc(F)c2)=C(c2ccc(F)cc2)C(=O)N1c1ccc(F)c(Cl)c1. The van der Waals surface area contributed by atoms with Gasteiger partial charge in [0, 0.05) is 5.69 Å². The molecule has 0 aliphatic carbocycles. The molecule has 3 aromatic carbocycles. The van der Waals surface area contributed by atoms with E-state index in [9.17, 15) is 22.8 Å². The molecule has 4 rings (SSSR count). The number of imide groups is 1. The maximum atomic E-state index is 13.6. The van der Waals surface area contributed by atoms with Gasteiger partial charge in [-0.1, -0.05) is 29.8 Å². The minimum Gasteiger partial charge on any atom is -0.350 e. The van der Waals surface area contributed by atoms with Crippen molar-refractivity contribution in [2.75, 3.05) is 10.2 Å². The number of nitrogens with one attached hydrogen (secondary N) is 1. The monoisotopic (exact) mass is 428 g/mol. The summed E-state index contributed by atoms with van der Waals surface area (Å²) in [4.78, 5) is 27.1. The highest BCUT2D eigenvalue weighted by Gasteiger charge is 2.40. The molecule has 4 nitrogen and oxygen atoms in total. The molecule has 0 radical (unpaired) electrons. The van der Waals surface area contributed by atoms with Gasteiger partial charge in [-0.05, 0) is 54.1 Å². The van der Waals surface area contributed by atoms with Gasteiger partial charge in [0.2, 0.25) is 0 Å². The summed E-state index contributed by atoms with van der Waals surface area (Å²) in [6.07, 6.45) is 0. The van der Waals surface area contributed by atoms with E-state index in [1.54, 1.807) is 0 Å². The maximum Gasteiger partial charge on any atom is 0.282 e. The summed E-state index contributed by atoms with van der Waals surface area (Å²) in [6, 6.07) is 13.8. The average molecular weight is 429 g/mol. The standard InChI is InChI=1S/C22H12ClF3N2O2/c23-17-11-16(8-9-18(17)26)28-21(29)19(12-4-6-13(24)7-5-12)20(22(28)30)27-15-3-1-2-14(25)10-15/h1-11,27H. The predicted molar refractivity (Wildman–Crippen MR) is 107 cm³/mol. The number of hydrogen-bond acceptors (Lipinski definition) is 3. The summed E-state index contributed by atoms with van der Waals surface area (Å²) in [7, 11) is 0. The van der Waals surface area contributed by atoms with Crippen LogP contribution >= 0.6 is 11.6 Å².